The molecule has 2 heterocycles. The molecule has 0 radical (unpaired) electrons. The number of nitrogens with one attached hydrogen (secondary N) is 1. The van der Waals surface area contributed by atoms with Gasteiger partial charge in [-0.3, -0.25) is 4.79 Å². The molecule has 2 aromatic rings. The summed E-state index contributed by atoms with van der Waals surface area (Å²) in [5.41, 5.74) is 2.30. The van der Waals surface area contributed by atoms with E-state index < -0.39 is 0 Å². The number of aromatic nitrogens is 3. The summed E-state index contributed by atoms with van der Waals surface area (Å²) in [4.78, 5) is 16.2. The Morgan fingerprint density at radius 1 is 1.48 bits per heavy atom. The van der Waals surface area contributed by atoms with Gasteiger partial charge in [0.2, 0.25) is 5.91 Å². The van der Waals surface area contributed by atoms with Crippen LogP contribution in [0.5, 0.6) is 0 Å². The lowest BCUT2D eigenvalue weighted by Gasteiger charge is -2.24. The van der Waals surface area contributed by atoms with E-state index in [2.05, 4.69) is 15.4 Å². The highest BCUT2D eigenvalue weighted by Crippen LogP contribution is 2.30. The summed E-state index contributed by atoms with van der Waals surface area (Å²) < 4.78 is 1.90. The summed E-state index contributed by atoms with van der Waals surface area (Å²) in [5.74, 6) is 0.959. The van der Waals surface area contributed by atoms with Crippen molar-refractivity contribution in [3.8, 4) is 5.82 Å². The molecule has 1 atom stereocenters. The van der Waals surface area contributed by atoms with Crippen LogP contribution in [0.3, 0.4) is 0 Å². The molecule has 2 aromatic heterocycles. The van der Waals surface area contributed by atoms with E-state index in [4.69, 9.17) is 0 Å². The van der Waals surface area contributed by atoms with Crippen molar-refractivity contribution in [2.24, 2.45) is 0 Å². The van der Waals surface area contributed by atoms with Crippen LogP contribution in [0.15, 0.2) is 30.6 Å². The molecule has 0 saturated carbocycles. The van der Waals surface area contributed by atoms with Gasteiger partial charge in [0.1, 0.15) is 0 Å². The molecule has 1 aliphatic rings. The Balaban J connectivity index is 1.87. The number of pyridine rings is 1. The van der Waals surface area contributed by atoms with Crippen molar-refractivity contribution in [1.29, 1.82) is 0 Å². The zero-order valence-corrected chi connectivity index (χ0v) is 12.2. The lowest BCUT2D eigenvalue weighted by atomic mass is 9.93. The molecule has 1 amide bonds. The van der Waals surface area contributed by atoms with Crippen molar-refractivity contribution in [3.05, 3.63) is 41.9 Å². The topological polar surface area (TPSA) is 59.8 Å². The second-order valence-corrected chi connectivity index (χ2v) is 5.41. The summed E-state index contributed by atoms with van der Waals surface area (Å²) in [6.07, 6.45) is 8.12. The van der Waals surface area contributed by atoms with Crippen molar-refractivity contribution in [3.63, 3.8) is 0 Å². The normalized spacial score (nSPS) is 17.3. The minimum absolute atomic E-state index is 0.0882. The molecular weight excluding hydrogens is 264 g/mol. The summed E-state index contributed by atoms with van der Waals surface area (Å²) in [6.45, 7) is 2.02. The SMILES string of the molecule is CCCC(=O)NC1CCCc2c1cnn2-c1ccccn1. The molecule has 110 valence electrons. The van der Waals surface area contributed by atoms with E-state index in [9.17, 15) is 4.79 Å². The van der Waals surface area contributed by atoms with Gasteiger partial charge < -0.3 is 5.32 Å². The van der Waals surface area contributed by atoms with Gasteiger partial charge in [-0.15, -0.1) is 0 Å². The molecule has 1 aliphatic carbocycles. The largest absolute Gasteiger partial charge is 0.349 e. The number of carbonyl (C=O) groups excluding carboxylic acids is 1. The highest BCUT2D eigenvalue weighted by molar-refractivity contribution is 5.76. The number of nitrogens with zero attached hydrogens (tertiary/aromatic N) is 3. The Hall–Kier alpha value is -2.17. The monoisotopic (exact) mass is 284 g/mol. The van der Waals surface area contributed by atoms with Gasteiger partial charge in [-0.25, -0.2) is 9.67 Å². The van der Waals surface area contributed by atoms with E-state index in [1.54, 1.807) is 6.20 Å². The summed E-state index contributed by atoms with van der Waals surface area (Å²) in [7, 11) is 0. The number of hydrogen-bond donors (Lipinski definition) is 1. The van der Waals surface area contributed by atoms with Crippen LogP contribution in [0.4, 0.5) is 0 Å². The van der Waals surface area contributed by atoms with E-state index in [-0.39, 0.29) is 11.9 Å². The van der Waals surface area contributed by atoms with Gasteiger partial charge in [-0.05, 0) is 37.8 Å². The highest BCUT2D eigenvalue weighted by Gasteiger charge is 2.25. The van der Waals surface area contributed by atoms with E-state index >= 15 is 0 Å². The predicted octanol–water partition coefficient (Wildman–Crippen LogP) is 2.56. The van der Waals surface area contributed by atoms with Crippen LogP contribution in [0.25, 0.3) is 5.82 Å². The van der Waals surface area contributed by atoms with Crippen molar-refractivity contribution in [2.45, 2.75) is 45.1 Å². The van der Waals surface area contributed by atoms with Gasteiger partial charge in [0.15, 0.2) is 5.82 Å². The fourth-order valence-corrected chi connectivity index (χ4v) is 2.88. The van der Waals surface area contributed by atoms with E-state index in [0.29, 0.717) is 6.42 Å². The lowest BCUT2D eigenvalue weighted by Crippen LogP contribution is -2.30. The molecule has 0 fully saturated rings. The second-order valence-electron chi connectivity index (χ2n) is 5.41. The molecule has 5 nitrogen and oxygen atoms in total. The molecule has 0 bridgehead atoms. The molecular formula is C16H20N4O. The third-order valence-corrected chi connectivity index (χ3v) is 3.86. The molecule has 1 N–H and O–H groups in total. The van der Waals surface area contributed by atoms with Gasteiger partial charge in [0, 0.05) is 18.2 Å². The van der Waals surface area contributed by atoms with Gasteiger partial charge in [0.05, 0.1) is 17.9 Å². The predicted molar refractivity (Wildman–Crippen MR) is 80.1 cm³/mol. The molecule has 0 aromatic carbocycles. The fraction of sp³-hybridized carbons (Fsp3) is 0.438. The molecule has 21 heavy (non-hydrogen) atoms. The maximum Gasteiger partial charge on any atom is 0.220 e. The summed E-state index contributed by atoms with van der Waals surface area (Å²) in [5, 5.41) is 7.60. The number of hydrogen-bond acceptors (Lipinski definition) is 3. The average molecular weight is 284 g/mol. The summed E-state index contributed by atoms with van der Waals surface area (Å²) >= 11 is 0. The minimum atomic E-state index is 0.0882. The standard InChI is InChI=1S/C16H20N4O/c1-2-6-16(21)19-13-7-5-8-14-12(13)11-18-20(14)15-9-3-4-10-17-15/h3-4,9-11,13H,2,5-8H2,1H3,(H,19,21). The minimum Gasteiger partial charge on any atom is -0.349 e. The second kappa shape index (κ2) is 6.08. The van der Waals surface area contributed by atoms with Crippen molar-refractivity contribution in [2.75, 3.05) is 0 Å². The molecule has 3 rings (SSSR count). The molecule has 5 heteroatoms. The fourth-order valence-electron chi connectivity index (χ4n) is 2.88. The number of fused-ring (bicyclic) bond motifs is 1. The maximum atomic E-state index is 11.8. The van der Waals surface area contributed by atoms with Crippen molar-refractivity contribution >= 4 is 5.91 Å². The molecule has 0 aliphatic heterocycles. The Morgan fingerprint density at radius 2 is 2.38 bits per heavy atom. The van der Waals surface area contributed by atoms with E-state index in [1.807, 2.05) is 36.0 Å². The Morgan fingerprint density at radius 3 is 3.14 bits per heavy atom. The highest BCUT2D eigenvalue weighted by atomic mass is 16.1. The smallest absolute Gasteiger partial charge is 0.220 e. The van der Waals surface area contributed by atoms with Gasteiger partial charge in [-0.2, -0.15) is 5.10 Å². The molecule has 0 saturated heterocycles. The lowest BCUT2D eigenvalue weighted by molar-refractivity contribution is -0.122. The van der Waals surface area contributed by atoms with Crippen LogP contribution in [-0.4, -0.2) is 20.7 Å². The van der Waals surface area contributed by atoms with Crippen LogP contribution in [0.1, 0.15) is 49.9 Å². The molecule has 1 unspecified atom stereocenters. The first-order valence-corrected chi connectivity index (χ1v) is 7.57. The zero-order chi connectivity index (χ0) is 14.7. The van der Waals surface area contributed by atoms with Crippen LogP contribution in [0.2, 0.25) is 0 Å². The first kappa shape index (κ1) is 13.8. The first-order chi connectivity index (χ1) is 10.3. The Bertz CT molecular complexity index is 620. The zero-order valence-electron chi connectivity index (χ0n) is 12.2. The first-order valence-electron chi connectivity index (χ1n) is 7.57. The van der Waals surface area contributed by atoms with Crippen LogP contribution in [-0.2, 0) is 11.2 Å². The van der Waals surface area contributed by atoms with Gasteiger partial charge in [-0.1, -0.05) is 13.0 Å². The number of rotatable bonds is 4. The third kappa shape index (κ3) is 2.82. The van der Waals surface area contributed by atoms with Crippen LogP contribution < -0.4 is 5.32 Å². The van der Waals surface area contributed by atoms with Crippen LogP contribution in [0, 0.1) is 0 Å². The number of amides is 1. The maximum absolute atomic E-state index is 11.8. The van der Waals surface area contributed by atoms with Crippen molar-refractivity contribution in [1.82, 2.24) is 20.1 Å². The average Bonchev–Trinajstić information content (AvgIpc) is 2.93. The van der Waals surface area contributed by atoms with E-state index in [1.165, 1.54) is 5.69 Å². The molecule has 0 spiro atoms. The van der Waals surface area contributed by atoms with Crippen LogP contribution >= 0.6 is 0 Å². The van der Waals surface area contributed by atoms with E-state index in [0.717, 1.165) is 37.1 Å². The summed E-state index contributed by atoms with van der Waals surface area (Å²) in [6, 6.07) is 5.89. The van der Waals surface area contributed by atoms with Gasteiger partial charge in [0.25, 0.3) is 0 Å². The van der Waals surface area contributed by atoms with Gasteiger partial charge >= 0.3 is 0 Å². The Labute approximate surface area is 124 Å². The quantitative estimate of drug-likeness (QED) is 0.938. The Kier molecular flexibility index (Phi) is 3.99. The number of carbonyl (C=O) groups is 1. The third-order valence-electron chi connectivity index (χ3n) is 3.86. The van der Waals surface area contributed by atoms with Crippen molar-refractivity contribution < 1.29 is 4.79 Å².